The Morgan fingerprint density at radius 1 is 1.36 bits per heavy atom. The highest BCUT2D eigenvalue weighted by molar-refractivity contribution is 6.17. The van der Waals surface area contributed by atoms with E-state index in [-0.39, 0.29) is 6.61 Å². The summed E-state index contributed by atoms with van der Waals surface area (Å²) >= 11 is 0. The van der Waals surface area contributed by atoms with Gasteiger partial charge in [0.2, 0.25) is 5.90 Å². The fourth-order valence-corrected chi connectivity index (χ4v) is 2.37. The second-order valence-electron chi connectivity index (χ2n) is 4.67. The third-order valence-corrected chi connectivity index (χ3v) is 3.31. The standard InChI is InChI=1S/C16H15N3O3/c1-2-21-16(20)11-8-22-15-13(14(17)18-9-19-15)12(11)10-6-4-3-5-7-10/h3-9,14H,2,17H2,1H3. The fourth-order valence-electron chi connectivity index (χ4n) is 2.37. The maximum Gasteiger partial charge on any atom is 0.341 e. The van der Waals surface area contributed by atoms with Crippen molar-refractivity contribution in [3.8, 4) is 0 Å². The van der Waals surface area contributed by atoms with Gasteiger partial charge >= 0.3 is 5.97 Å². The lowest BCUT2D eigenvalue weighted by atomic mass is 9.90. The van der Waals surface area contributed by atoms with Gasteiger partial charge in [-0.1, -0.05) is 30.3 Å². The zero-order chi connectivity index (χ0) is 15.5. The Labute approximate surface area is 127 Å². The van der Waals surface area contributed by atoms with Crippen LogP contribution in [0.1, 0.15) is 12.5 Å². The normalized spacial score (nSPS) is 19.8. The van der Waals surface area contributed by atoms with Crippen LogP contribution in [0.2, 0.25) is 0 Å². The maximum atomic E-state index is 12.2. The summed E-state index contributed by atoms with van der Waals surface area (Å²) in [6.07, 6.45) is 2.07. The average Bonchev–Trinajstić information content (AvgIpc) is 2.55. The minimum atomic E-state index is -0.638. The molecule has 0 bridgehead atoms. The summed E-state index contributed by atoms with van der Waals surface area (Å²) < 4.78 is 10.5. The van der Waals surface area contributed by atoms with Crippen molar-refractivity contribution in [2.45, 2.75) is 13.1 Å². The van der Waals surface area contributed by atoms with E-state index in [1.54, 1.807) is 6.92 Å². The van der Waals surface area contributed by atoms with Gasteiger partial charge in [0.15, 0.2) is 0 Å². The summed E-state index contributed by atoms with van der Waals surface area (Å²) in [5.41, 5.74) is 8.43. The Bertz CT molecular complexity index is 717. The van der Waals surface area contributed by atoms with Gasteiger partial charge < -0.3 is 15.2 Å². The molecular weight excluding hydrogens is 282 g/mol. The number of esters is 1. The molecule has 112 valence electrons. The highest BCUT2D eigenvalue weighted by Gasteiger charge is 2.33. The van der Waals surface area contributed by atoms with Crippen LogP contribution in [0, 0.1) is 0 Å². The zero-order valence-corrected chi connectivity index (χ0v) is 12.0. The number of ether oxygens (including phenoxy) is 2. The van der Waals surface area contributed by atoms with Crippen LogP contribution in [0.3, 0.4) is 0 Å². The van der Waals surface area contributed by atoms with E-state index in [0.717, 1.165) is 5.56 Å². The predicted molar refractivity (Wildman–Crippen MR) is 83.1 cm³/mol. The van der Waals surface area contributed by atoms with Crippen molar-refractivity contribution < 1.29 is 14.3 Å². The van der Waals surface area contributed by atoms with Crippen molar-refractivity contribution in [1.82, 2.24) is 0 Å². The molecule has 0 radical (unpaired) electrons. The van der Waals surface area contributed by atoms with Gasteiger partial charge in [0.05, 0.1) is 12.2 Å². The van der Waals surface area contributed by atoms with Crippen LogP contribution >= 0.6 is 0 Å². The van der Waals surface area contributed by atoms with Gasteiger partial charge in [0, 0.05) is 5.57 Å². The molecule has 0 aliphatic carbocycles. The van der Waals surface area contributed by atoms with E-state index in [2.05, 4.69) is 9.98 Å². The molecule has 2 heterocycles. The van der Waals surface area contributed by atoms with Crippen molar-refractivity contribution in [3.63, 3.8) is 0 Å². The van der Waals surface area contributed by atoms with Gasteiger partial charge in [0.25, 0.3) is 0 Å². The van der Waals surface area contributed by atoms with E-state index >= 15 is 0 Å². The highest BCUT2D eigenvalue weighted by atomic mass is 16.5. The summed E-state index contributed by atoms with van der Waals surface area (Å²) in [6, 6.07) is 9.45. The van der Waals surface area contributed by atoms with Crippen molar-refractivity contribution in [3.05, 3.63) is 53.3 Å². The van der Waals surface area contributed by atoms with Gasteiger partial charge in [-0.15, -0.1) is 0 Å². The molecule has 2 N–H and O–H groups in total. The van der Waals surface area contributed by atoms with E-state index in [4.69, 9.17) is 15.2 Å². The first-order chi connectivity index (χ1) is 10.7. The van der Waals surface area contributed by atoms with Crippen LogP contribution in [0.5, 0.6) is 0 Å². The number of nitrogens with two attached hydrogens (primary N) is 1. The first-order valence-corrected chi connectivity index (χ1v) is 6.91. The van der Waals surface area contributed by atoms with Crippen LogP contribution in [0.4, 0.5) is 0 Å². The number of carbonyl (C=O) groups is 1. The largest absolute Gasteiger partial charge is 0.462 e. The topological polar surface area (TPSA) is 86.3 Å². The van der Waals surface area contributed by atoms with Crippen LogP contribution < -0.4 is 5.73 Å². The molecule has 0 spiro atoms. The van der Waals surface area contributed by atoms with Crippen LogP contribution in [0.15, 0.2) is 57.7 Å². The van der Waals surface area contributed by atoms with Crippen LogP contribution in [0.25, 0.3) is 5.57 Å². The number of nitrogens with zero attached hydrogens (tertiary/aromatic N) is 2. The van der Waals surface area contributed by atoms with Gasteiger partial charge in [-0.25, -0.2) is 14.8 Å². The molecule has 1 aromatic carbocycles. The lowest BCUT2D eigenvalue weighted by molar-refractivity contribution is -0.138. The van der Waals surface area contributed by atoms with Gasteiger partial charge in [-0.2, -0.15) is 0 Å². The van der Waals surface area contributed by atoms with Crippen molar-refractivity contribution in [1.29, 1.82) is 0 Å². The molecule has 0 fully saturated rings. The second kappa shape index (κ2) is 5.95. The summed E-state index contributed by atoms with van der Waals surface area (Å²) in [6.45, 7) is 2.03. The zero-order valence-electron chi connectivity index (χ0n) is 12.0. The minimum absolute atomic E-state index is 0.277. The van der Waals surface area contributed by atoms with E-state index in [1.165, 1.54) is 12.6 Å². The molecule has 0 aromatic heterocycles. The molecule has 3 rings (SSSR count). The van der Waals surface area contributed by atoms with E-state index in [1.807, 2.05) is 30.3 Å². The molecule has 2 aliphatic rings. The number of hydrogen-bond acceptors (Lipinski definition) is 6. The second-order valence-corrected chi connectivity index (χ2v) is 4.67. The molecule has 0 amide bonds. The first-order valence-electron chi connectivity index (χ1n) is 6.91. The number of aliphatic imine (C=N–C) groups is 2. The molecule has 6 nitrogen and oxygen atoms in total. The Balaban J connectivity index is 2.17. The Hall–Kier alpha value is -2.73. The van der Waals surface area contributed by atoms with Crippen LogP contribution in [-0.2, 0) is 14.3 Å². The number of hydrogen-bond donors (Lipinski definition) is 1. The Morgan fingerprint density at radius 3 is 2.86 bits per heavy atom. The summed E-state index contributed by atoms with van der Waals surface area (Å²) in [5, 5.41) is 0. The monoisotopic (exact) mass is 297 g/mol. The Kier molecular flexibility index (Phi) is 3.84. The van der Waals surface area contributed by atoms with Crippen molar-refractivity contribution in [2.24, 2.45) is 15.7 Å². The SMILES string of the molecule is CCOC(=O)C1=COC2=NC=NC(N)C2=C1c1ccccc1. The summed E-state index contributed by atoms with van der Waals surface area (Å²) in [5.74, 6) is -0.107. The van der Waals surface area contributed by atoms with E-state index in [9.17, 15) is 4.79 Å². The van der Waals surface area contributed by atoms with Gasteiger partial charge in [0.1, 0.15) is 24.3 Å². The molecule has 0 saturated carbocycles. The minimum Gasteiger partial charge on any atom is -0.462 e. The van der Waals surface area contributed by atoms with Crippen molar-refractivity contribution in [2.75, 3.05) is 6.61 Å². The first kappa shape index (κ1) is 14.2. The number of carbonyl (C=O) groups excluding carboxylic acids is 1. The maximum absolute atomic E-state index is 12.2. The molecule has 1 aromatic rings. The molecular formula is C16H15N3O3. The molecule has 1 unspecified atom stereocenters. The van der Waals surface area contributed by atoms with Gasteiger partial charge in [-0.05, 0) is 12.5 Å². The third kappa shape index (κ3) is 2.44. The quantitative estimate of drug-likeness (QED) is 0.859. The Morgan fingerprint density at radius 2 is 2.14 bits per heavy atom. The summed E-state index contributed by atoms with van der Waals surface area (Å²) in [7, 11) is 0. The molecule has 22 heavy (non-hydrogen) atoms. The molecule has 2 aliphatic heterocycles. The predicted octanol–water partition coefficient (Wildman–Crippen LogP) is 1.64. The smallest absolute Gasteiger partial charge is 0.341 e. The fraction of sp³-hybridized carbons (Fsp3) is 0.188. The van der Waals surface area contributed by atoms with Crippen molar-refractivity contribution >= 4 is 23.8 Å². The number of rotatable bonds is 3. The van der Waals surface area contributed by atoms with E-state index in [0.29, 0.717) is 22.6 Å². The lowest BCUT2D eigenvalue weighted by Crippen LogP contribution is -2.33. The van der Waals surface area contributed by atoms with E-state index < -0.39 is 12.1 Å². The summed E-state index contributed by atoms with van der Waals surface area (Å²) in [4.78, 5) is 20.4. The molecule has 1 atom stereocenters. The molecule has 0 saturated heterocycles. The molecule has 6 heteroatoms. The number of benzene rings is 1. The lowest BCUT2D eigenvalue weighted by Gasteiger charge is -2.25. The third-order valence-electron chi connectivity index (χ3n) is 3.31. The van der Waals surface area contributed by atoms with Crippen LogP contribution in [-0.4, -0.2) is 31.0 Å². The number of fused-ring (bicyclic) bond motifs is 1. The van der Waals surface area contributed by atoms with Gasteiger partial charge in [-0.3, -0.25) is 0 Å². The average molecular weight is 297 g/mol. The highest BCUT2D eigenvalue weighted by Crippen LogP contribution is 2.34.